The van der Waals surface area contributed by atoms with Crippen LogP contribution in [0.5, 0.6) is 5.75 Å². The lowest BCUT2D eigenvalue weighted by atomic mass is 10.2. The van der Waals surface area contributed by atoms with Gasteiger partial charge in [0.1, 0.15) is 5.75 Å². The summed E-state index contributed by atoms with van der Waals surface area (Å²) in [5, 5.41) is 15.0. The van der Waals surface area contributed by atoms with Gasteiger partial charge in [0.2, 0.25) is 0 Å². The number of carbonyl (C=O) groups is 1. The maximum absolute atomic E-state index is 12.6. The minimum Gasteiger partial charge on any atom is -0.497 e. The molecule has 0 fully saturated rings. The van der Waals surface area contributed by atoms with E-state index >= 15 is 0 Å². The SMILES string of the molecule is CCN(CC)Cc1cn(-c2cccc(Nc3cccc(NC(=O)c4ccc(OC)cc4)c3)c2)nn1. The van der Waals surface area contributed by atoms with Gasteiger partial charge in [0.25, 0.3) is 5.91 Å². The van der Waals surface area contributed by atoms with Crippen molar-refractivity contribution in [2.45, 2.75) is 20.4 Å². The Labute approximate surface area is 205 Å². The highest BCUT2D eigenvalue weighted by Crippen LogP contribution is 2.23. The Morgan fingerprint density at radius 1 is 0.943 bits per heavy atom. The van der Waals surface area contributed by atoms with E-state index in [0.29, 0.717) is 17.0 Å². The van der Waals surface area contributed by atoms with Gasteiger partial charge in [-0.3, -0.25) is 9.69 Å². The zero-order valence-electron chi connectivity index (χ0n) is 20.2. The molecule has 1 amide bonds. The Morgan fingerprint density at radius 3 is 2.34 bits per heavy atom. The molecule has 8 nitrogen and oxygen atoms in total. The Hall–Kier alpha value is -4.17. The lowest BCUT2D eigenvalue weighted by Crippen LogP contribution is -2.22. The highest BCUT2D eigenvalue weighted by atomic mass is 16.5. The summed E-state index contributed by atoms with van der Waals surface area (Å²) in [6.45, 7) is 7.01. The Bertz CT molecular complexity index is 1260. The molecular formula is C27H30N6O2. The first-order chi connectivity index (χ1) is 17.1. The van der Waals surface area contributed by atoms with Crippen LogP contribution in [0.15, 0.2) is 79.0 Å². The summed E-state index contributed by atoms with van der Waals surface area (Å²) in [7, 11) is 1.60. The number of hydrogen-bond acceptors (Lipinski definition) is 6. The molecule has 180 valence electrons. The average Bonchev–Trinajstić information content (AvgIpc) is 3.36. The number of nitrogens with zero attached hydrogens (tertiary/aromatic N) is 4. The van der Waals surface area contributed by atoms with Crippen LogP contribution in [-0.4, -0.2) is 46.0 Å². The van der Waals surface area contributed by atoms with E-state index in [1.807, 2.05) is 54.7 Å². The summed E-state index contributed by atoms with van der Waals surface area (Å²) in [5.41, 5.74) is 4.87. The maximum Gasteiger partial charge on any atom is 0.255 e. The molecule has 0 radical (unpaired) electrons. The van der Waals surface area contributed by atoms with Gasteiger partial charge >= 0.3 is 0 Å². The molecule has 2 N–H and O–H groups in total. The molecule has 0 saturated heterocycles. The van der Waals surface area contributed by atoms with Crippen LogP contribution in [0.2, 0.25) is 0 Å². The summed E-state index contributed by atoms with van der Waals surface area (Å²) < 4.78 is 6.94. The maximum atomic E-state index is 12.6. The fourth-order valence-corrected chi connectivity index (χ4v) is 3.69. The summed E-state index contributed by atoms with van der Waals surface area (Å²) in [4.78, 5) is 14.9. The third kappa shape index (κ3) is 6.24. The highest BCUT2D eigenvalue weighted by molar-refractivity contribution is 6.04. The quantitative estimate of drug-likeness (QED) is 0.335. The van der Waals surface area contributed by atoms with Crippen LogP contribution in [-0.2, 0) is 6.54 Å². The van der Waals surface area contributed by atoms with E-state index < -0.39 is 0 Å². The molecule has 0 spiro atoms. The van der Waals surface area contributed by atoms with Gasteiger partial charge in [0, 0.05) is 29.2 Å². The monoisotopic (exact) mass is 470 g/mol. The van der Waals surface area contributed by atoms with Gasteiger partial charge in [-0.2, -0.15) is 0 Å². The molecule has 35 heavy (non-hydrogen) atoms. The fourth-order valence-electron chi connectivity index (χ4n) is 3.69. The van der Waals surface area contributed by atoms with Gasteiger partial charge < -0.3 is 15.4 Å². The van der Waals surface area contributed by atoms with E-state index in [1.165, 1.54) is 0 Å². The molecule has 0 bridgehead atoms. The van der Waals surface area contributed by atoms with Crippen LogP contribution in [0, 0.1) is 0 Å². The second-order valence-electron chi connectivity index (χ2n) is 8.05. The van der Waals surface area contributed by atoms with Crippen molar-refractivity contribution in [3.05, 3.63) is 90.3 Å². The zero-order valence-corrected chi connectivity index (χ0v) is 20.2. The Morgan fingerprint density at radius 2 is 1.63 bits per heavy atom. The number of amides is 1. The van der Waals surface area contributed by atoms with E-state index in [4.69, 9.17) is 4.74 Å². The van der Waals surface area contributed by atoms with Gasteiger partial charge in [-0.25, -0.2) is 4.68 Å². The Balaban J connectivity index is 1.44. The molecule has 8 heteroatoms. The second kappa shape index (κ2) is 11.3. The first kappa shape index (κ1) is 24.0. The molecule has 0 atom stereocenters. The smallest absolute Gasteiger partial charge is 0.255 e. The summed E-state index contributed by atoms with van der Waals surface area (Å²) >= 11 is 0. The van der Waals surface area contributed by atoms with Crippen LogP contribution in [0.25, 0.3) is 5.69 Å². The summed E-state index contributed by atoms with van der Waals surface area (Å²) in [6, 6.07) is 22.6. The van der Waals surface area contributed by atoms with Crippen LogP contribution in [0.1, 0.15) is 29.9 Å². The molecular weight excluding hydrogens is 440 g/mol. The molecule has 1 aromatic heterocycles. The van der Waals surface area contributed by atoms with E-state index in [-0.39, 0.29) is 5.91 Å². The van der Waals surface area contributed by atoms with Gasteiger partial charge in [-0.1, -0.05) is 31.2 Å². The van der Waals surface area contributed by atoms with Gasteiger partial charge in [-0.15, -0.1) is 5.10 Å². The van der Waals surface area contributed by atoms with Crippen LogP contribution < -0.4 is 15.4 Å². The fraction of sp³-hybridized carbons (Fsp3) is 0.222. The van der Waals surface area contributed by atoms with Crippen molar-refractivity contribution in [2.75, 3.05) is 30.8 Å². The normalized spacial score (nSPS) is 10.9. The average molecular weight is 471 g/mol. The Kier molecular flexibility index (Phi) is 7.74. The van der Waals surface area contributed by atoms with Crippen LogP contribution in [0.4, 0.5) is 17.1 Å². The van der Waals surface area contributed by atoms with Crippen molar-refractivity contribution in [1.29, 1.82) is 0 Å². The minimum atomic E-state index is -0.182. The van der Waals surface area contributed by atoms with Crippen molar-refractivity contribution >= 4 is 23.0 Å². The summed E-state index contributed by atoms with van der Waals surface area (Å²) in [5.74, 6) is 0.527. The number of ether oxygens (including phenoxy) is 1. The van der Waals surface area contributed by atoms with Crippen molar-refractivity contribution in [1.82, 2.24) is 19.9 Å². The molecule has 0 aliphatic rings. The number of anilines is 3. The minimum absolute atomic E-state index is 0.182. The number of hydrogen-bond donors (Lipinski definition) is 2. The molecule has 4 rings (SSSR count). The molecule has 1 heterocycles. The molecule has 0 aliphatic heterocycles. The first-order valence-corrected chi connectivity index (χ1v) is 11.6. The van der Waals surface area contributed by atoms with Gasteiger partial charge in [0.15, 0.2) is 0 Å². The zero-order chi connectivity index (χ0) is 24.6. The molecule has 0 unspecified atom stereocenters. The van der Waals surface area contributed by atoms with E-state index in [9.17, 15) is 4.79 Å². The third-order valence-electron chi connectivity index (χ3n) is 5.69. The number of benzene rings is 3. The van der Waals surface area contributed by atoms with Crippen molar-refractivity contribution in [3.63, 3.8) is 0 Å². The predicted molar refractivity (Wildman–Crippen MR) is 139 cm³/mol. The second-order valence-corrected chi connectivity index (χ2v) is 8.05. The molecule has 0 saturated carbocycles. The van der Waals surface area contributed by atoms with Crippen LogP contribution >= 0.6 is 0 Å². The predicted octanol–water partition coefficient (Wildman–Crippen LogP) is 5.11. The number of methoxy groups -OCH3 is 1. The van der Waals surface area contributed by atoms with Gasteiger partial charge in [-0.05, 0) is 73.8 Å². The van der Waals surface area contributed by atoms with Crippen molar-refractivity contribution in [2.24, 2.45) is 0 Å². The molecule has 4 aromatic rings. The number of rotatable bonds is 10. The van der Waals surface area contributed by atoms with E-state index in [2.05, 4.69) is 39.7 Å². The lowest BCUT2D eigenvalue weighted by molar-refractivity contribution is 0.102. The standard InChI is InChI=1S/C27H30N6O2/c1-4-32(5-2)18-24-19-33(31-30-24)25-11-7-10-23(17-25)28-21-8-6-9-22(16-21)29-27(34)20-12-14-26(35-3)15-13-20/h6-17,19,28H,4-5,18H2,1-3H3,(H,29,34). The highest BCUT2D eigenvalue weighted by Gasteiger charge is 2.09. The summed E-state index contributed by atoms with van der Waals surface area (Å²) in [6.07, 6.45) is 1.97. The van der Waals surface area contributed by atoms with Crippen molar-refractivity contribution < 1.29 is 9.53 Å². The number of carbonyl (C=O) groups excluding carboxylic acids is 1. The van der Waals surface area contributed by atoms with Crippen LogP contribution in [0.3, 0.4) is 0 Å². The number of nitrogens with one attached hydrogen (secondary N) is 2. The molecule has 3 aromatic carbocycles. The third-order valence-corrected chi connectivity index (χ3v) is 5.69. The first-order valence-electron chi connectivity index (χ1n) is 11.6. The topological polar surface area (TPSA) is 84.3 Å². The van der Waals surface area contributed by atoms with Gasteiger partial charge in [0.05, 0.1) is 24.7 Å². The van der Waals surface area contributed by atoms with E-state index in [0.717, 1.165) is 42.4 Å². The lowest BCUT2D eigenvalue weighted by Gasteiger charge is -2.15. The number of aromatic nitrogens is 3. The largest absolute Gasteiger partial charge is 0.497 e. The molecule has 0 aliphatic carbocycles. The van der Waals surface area contributed by atoms with Crippen molar-refractivity contribution in [3.8, 4) is 11.4 Å². The van der Waals surface area contributed by atoms with E-state index in [1.54, 1.807) is 36.1 Å².